The van der Waals surface area contributed by atoms with Gasteiger partial charge in [-0.1, -0.05) is 45.8 Å². The molecule has 0 aromatic rings. The van der Waals surface area contributed by atoms with Crippen LogP contribution in [0.5, 0.6) is 0 Å². The molecule has 0 aromatic carbocycles. The third-order valence-electron chi connectivity index (χ3n) is 1.78. The highest BCUT2D eigenvalue weighted by atomic mass is 28.3. The maximum atomic E-state index is 9.53. The first-order valence-electron chi connectivity index (χ1n) is 4.57. The van der Waals surface area contributed by atoms with Gasteiger partial charge in [0.25, 0.3) is 0 Å². The lowest BCUT2D eigenvalue weighted by molar-refractivity contribution is 0.169. The Balaban J connectivity index is 4.13. The second-order valence-corrected chi connectivity index (χ2v) is 9.10. The van der Waals surface area contributed by atoms with Crippen molar-refractivity contribution in [2.75, 3.05) is 0 Å². The van der Waals surface area contributed by atoms with E-state index in [0.29, 0.717) is 5.92 Å². The standard InChI is InChI=1S/C10H20OSi/c1-6-9(2)10(11)7-8-12(3,4)5/h9-11H,6H2,1-5H3/t9-,10-/m0/s1. The van der Waals surface area contributed by atoms with Crippen molar-refractivity contribution in [3.05, 3.63) is 0 Å². The number of hydrogen-bond donors (Lipinski definition) is 1. The number of hydrogen-bond acceptors (Lipinski definition) is 1. The molecule has 0 aromatic heterocycles. The highest BCUT2D eigenvalue weighted by Gasteiger charge is 2.11. The minimum Gasteiger partial charge on any atom is -0.380 e. The Morgan fingerprint density at radius 1 is 1.33 bits per heavy atom. The Labute approximate surface area is 77.2 Å². The molecule has 0 radical (unpaired) electrons. The average Bonchev–Trinajstić information content (AvgIpc) is 1.97. The summed E-state index contributed by atoms with van der Waals surface area (Å²) in [5.74, 6) is 3.24. The summed E-state index contributed by atoms with van der Waals surface area (Å²) in [6.45, 7) is 10.7. The fourth-order valence-corrected chi connectivity index (χ4v) is 1.24. The molecule has 12 heavy (non-hydrogen) atoms. The first kappa shape index (κ1) is 11.7. The van der Waals surface area contributed by atoms with Crippen molar-refractivity contribution in [3.8, 4) is 11.5 Å². The smallest absolute Gasteiger partial charge is 0.129 e. The van der Waals surface area contributed by atoms with Crippen LogP contribution >= 0.6 is 0 Å². The van der Waals surface area contributed by atoms with Gasteiger partial charge in [-0.25, -0.2) is 0 Å². The van der Waals surface area contributed by atoms with Crippen LogP contribution in [0.15, 0.2) is 0 Å². The van der Waals surface area contributed by atoms with Gasteiger partial charge in [-0.3, -0.25) is 0 Å². The van der Waals surface area contributed by atoms with Crippen LogP contribution in [0.2, 0.25) is 19.6 Å². The number of aliphatic hydroxyl groups is 1. The predicted molar refractivity (Wildman–Crippen MR) is 56.6 cm³/mol. The van der Waals surface area contributed by atoms with E-state index >= 15 is 0 Å². The zero-order valence-electron chi connectivity index (χ0n) is 8.81. The van der Waals surface area contributed by atoms with Gasteiger partial charge in [0.05, 0.1) is 0 Å². The molecule has 0 heterocycles. The minimum atomic E-state index is -1.30. The summed E-state index contributed by atoms with van der Waals surface area (Å²) in [5, 5.41) is 9.53. The van der Waals surface area contributed by atoms with Gasteiger partial charge >= 0.3 is 0 Å². The first-order chi connectivity index (χ1) is 5.37. The van der Waals surface area contributed by atoms with Crippen LogP contribution in [0.25, 0.3) is 0 Å². The molecule has 0 bridgehead atoms. The second kappa shape index (κ2) is 4.69. The lowest BCUT2D eigenvalue weighted by atomic mass is 10.0. The molecule has 1 N–H and O–H groups in total. The normalized spacial score (nSPS) is 16.2. The largest absolute Gasteiger partial charge is 0.380 e. The summed E-state index contributed by atoms with van der Waals surface area (Å²) < 4.78 is 0. The van der Waals surface area contributed by atoms with E-state index in [2.05, 4.69) is 38.0 Å². The van der Waals surface area contributed by atoms with Gasteiger partial charge in [0.15, 0.2) is 0 Å². The van der Waals surface area contributed by atoms with E-state index in [1.54, 1.807) is 0 Å². The van der Waals surface area contributed by atoms with Gasteiger partial charge in [0.2, 0.25) is 0 Å². The summed E-state index contributed by atoms with van der Waals surface area (Å²) in [4.78, 5) is 0. The number of rotatable bonds is 2. The Morgan fingerprint density at radius 3 is 2.17 bits per heavy atom. The summed E-state index contributed by atoms with van der Waals surface area (Å²) >= 11 is 0. The van der Waals surface area contributed by atoms with E-state index in [9.17, 15) is 5.11 Å². The van der Waals surface area contributed by atoms with Gasteiger partial charge in [-0.05, 0) is 5.92 Å². The first-order valence-corrected chi connectivity index (χ1v) is 8.07. The van der Waals surface area contributed by atoms with E-state index in [1.165, 1.54) is 0 Å². The van der Waals surface area contributed by atoms with Crippen LogP contribution < -0.4 is 0 Å². The van der Waals surface area contributed by atoms with Gasteiger partial charge < -0.3 is 5.11 Å². The van der Waals surface area contributed by atoms with Crippen LogP contribution in [-0.4, -0.2) is 19.3 Å². The molecule has 0 aliphatic carbocycles. The fraction of sp³-hybridized carbons (Fsp3) is 0.800. The molecule has 0 spiro atoms. The zero-order valence-corrected chi connectivity index (χ0v) is 9.81. The molecule has 0 saturated carbocycles. The van der Waals surface area contributed by atoms with Crippen molar-refractivity contribution < 1.29 is 5.11 Å². The van der Waals surface area contributed by atoms with Crippen molar-refractivity contribution >= 4 is 8.07 Å². The summed E-state index contributed by atoms with van der Waals surface area (Å²) in [6, 6.07) is 0. The zero-order chi connectivity index (χ0) is 9.78. The molecular weight excluding hydrogens is 164 g/mol. The third kappa shape index (κ3) is 5.40. The SMILES string of the molecule is CC[C@H](C)[C@@H](O)C#C[Si](C)(C)C. The van der Waals surface area contributed by atoms with Crippen molar-refractivity contribution in [2.45, 2.75) is 46.0 Å². The van der Waals surface area contributed by atoms with Crippen LogP contribution in [0.3, 0.4) is 0 Å². The highest BCUT2D eigenvalue weighted by Crippen LogP contribution is 2.06. The fourth-order valence-electron chi connectivity index (χ4n) is 0.656. The lowest BCUT2D eigenvalue weighted by Crippen LogP contribution is -2.20. The van der Waals surface area contributed by atoms with Crippen molar-refractivity contribution in [1.82, 2.24) is 0 Å². The maximum Gasteiger partial charge on any atom is 0.129 e. The Bertz CT molecular complexity index is 182. The molecule has 0 rings (SSSR count). The van der Waals surface area contributed by atoms with Crippen LogP contribution in [0.4, 0.5) is 0 Å². The molecule has 1 nitrogen and oxygen atoms in total. The molecule has 0 amide bonds. The lowest BCUT2D eigenvalue weighted by Gasteiger charge is -2.11. The van der Waals surface area contributed by atoms with Gasteiger partial charge in [0, 0.05) is 0 Å². The van der Waals surface area contributed by atoms with Crippen molar-refractivity contribution in [3.63, 3.8) is 0 Å². The quantitative estimate of drug-likeness (QED) is 0.515. The van der Waals surface area contributed by atoms with Gasteiger partial charge in [0.1, 0.15) is 14.2 Å². The van der Waals surface area contributed by atoms with E-state index in [0.717, 1.165) is 6.42 Å². The summed E-state index contributed by atoms with van der Waals surface area (Å²) in [6.07, 6.45) is 0.559. The topological polar surface area (TPSA) is 20.2 Å². The van der Waals surface area contributed by atoms with Crippen LogP contribution in [-0.2, 0) is 0 Å². The molecule has 70 valence electrons. The second-order valence-electron chi connectivity index (χ2n) is 4.35. The highest BCUT2D eigenvalue weighted by molar-refractivity contribution is 6.83. The van der Waals surface area contributed by atoms with E-state index in [4.69, 9.17) is 0 Å². The molecule has 0 fully saturated rings. The molecule has 0 aliphatic heterocycles. The van der Waals surface area contributed by atoms with Crippen molar-refractivity contribution in [2.24, 2.45) is 5.92 Å². The monoisotopic (exact) mass is 184 g/mol. The van der Waals surface area contributed by atoms with E-state index < -0.39 is 14.2 Å². The maximum absolute atomic E-state index is 9.53. The molecule has 2 heteroatoms. The Hall–Kier alpha value is -0.263. The minimum absolute atomic E-state index is 0.300. The Morgan fingerprint density at radius 2 is 1.83 bits per heavy atom. The average molecular weight is 184 g/mol. The molecule has 0 unspecified atom stereocenters. The van der Waals surface area contributed by atoms with Crippen LogP contribution in [0, 0.1) is 17.4 Å². The van der Waals surface area contributed by atoms with E-state index in [-0.39, 0.29) is 0 Å². The van der Waals surface area contributed by atoms with Crippen molar-refractivity contribution in [1.29, 1.82) is 0 Å². The molecule has 2 atom stereocenters. The molecular formula is C10H20OSi. The van der Waals surface area contributed by atoms with Gasteiger partial charge in [-0.15, -0.1) is 5.54 Å². The van der Waals surface area contributed by atoms with Crippen LogP contribution in [0.1, 0.15) is 20.3 Å². The summed E-state index contributed by atoms with van der Waals surface area (Å²) in [5.41, 5.74) is 3.18. The number of aliphatic hydroxyl groups excluding tert-OH is 1. The molecule has 0 aliphatic rings. The van der Waals surface area contributed by atoms with Gasteiger partial charge in [-0.2, -0.15) is 0 Å². The predicted octanol–water partition coefficient (Wildman–Crippen LogP) is 2.27. The van der Waals surface area contributed by atoms with E-state index in [1.807, 2.05) is 6.92 Å². The third-order valence-corrected chi connectivity index (χ3v) is 2.67. The Kier molecular flexibility index (Phi) is 4.58. The summed E-state index contributed by atoms with van der Waals surface area (Å²) in [7, 11) is -1.30. The molecule has 0 saturated heterocycles.